The average molecular weight is 1230 g/mol. The second-order valence-corrected chi connectivity index (χ2v) is 20.1. The van der Waals surface area contributed by atoms with Crippen LogP contribution >= 0.6 is 0 Å². The Morgan fingerprint density at radius 3 is 1.34 bits per heavy atom. The zero-order chi connectivity index (χ0) is 49.1. The third-order valence-electron chi connectivity index (χ3n) is 13.2. The van der Waals surface area contributed by atoms with Crippen molar-refractivity contribution in [3.63, 3.8) is 0 Å². The van der Waals surface area contributed by atoms with Crippen molar-refractivity contribution in [1.82, 2.24) is 29.1 Å². The van der Waals surface area contributed by atoms with Crippen molar-refractivity contribution in [2.24, 2.45) is 0 Å². The van der Waals surface area contributed by atoms with E-state index in [9.17, 15) is 0 Å². The van der Waals surface area contributed by atoms with Crippen molar-refractivity contribution in [2.75, 3.05) is 0 Å². The monoisotopic (exact) mass is 1230 g/mol. The average Bonchev–Trinajstić information content (AvgIpc) is 3.90. The summed E-state index contributed by atoms with van der Waals surface area (Å²) in [7, 11) is 0. The van der Waals surface area contributed by atoms with E-state index in [1.165, 1.54) is 32.9 Å². The molecule has 5 aromatic heterocycles. The summed E-state index contributed by atoms with van der Waals surface area (Å²) in [6.45, 7) is 13.6. The van der Waals surface area contributed by atoms with Gasteiger partial charge in [-0.2, -0.15) is 22.9 Å². The topological polar surface area (TPSA) is 79.9 Å². The summed E-state index contributed by atoms with van der Waals surface area (Å²) >= 11 is 0. The molecule has 0 saturated carbocycles. The van der Waals surface area contributed by atoms with Gasteiger partial charge in [0, 0.05) is 69.8 Å². The summed E-state index contributed by atoms with van der Waals surface area (Å²) in [5.41, 5.74) is 12.7. The molecule has 0 amide bonds. The van der Waals surface area contributed by atoms with E-state index in [-0.39, 0.29) is 52.3 Å². The molecule has 0 fully saturated rings. The van der Waals surface area contributed by atoms with Crippen LogP contribution in [-0.2, 0) is 52.3 Å². The van der Waals surface area contributed by atoms with Crippen LogP contribution in [0.5, 0.6) is 23.0 Å². The molecule has 0 aliphatic carbocycles. The fourth-order valence-corrected chi connectivity index (χ4v) is 9.36. The minimum atomic E-state index is 0. The van der Waals surface area contributed by atoms with Gasteiger partial charge in [-0.1, -0.05) is 113 Å². The van der Waals surface area contributed by atoms with Crippen LogP contribution in [0.1, 0.15) is 52.7 Å². The predicted octanol–water partition coefficient (Wildman–Crippen LogP) is 15.8. The summed E-state index contributed by atoms with van der Waals surface area (Å²) in [5.74, 6) is 2.53. The van der Waals surface area contributed by atoms with Crippen molar-refractivity contribution >= 4 is 43.6 Å². The summed E-state index contributed by atoms with van der Waals surface area (Å²) < 4.78 is 17.2. The number of benzene rings is 7. The Labute approximate surface area is 459 Å². The van der Waals surface area contributed by atoms with Crippen molar-refractivity contribution < 1.29 is 51.0 Å². The summed E-state index contributed by atoms with van der Waals surface area (Å²) in [6, 6.07) is 67.4. The Kier molecular flexibility index (Phi) is 13.6. The Balaban J connectivity index is 0.00000313. The van der Waals surface area contributed by atoms with E-state index in [4.69, 9.17) is 19.4 Å². The van der Waals surface area contributed by atoms with Crippen molar-refractivity contribution in [3.8, 4) is 68.3 Å². The smallest absolute Gasteiger partial charge is 0.503 e. The van der Waals surface area contributed by atoms with E-state index in [2.05, 4.69) is 141 Å². The normalized spacial score (nSPS) is 11.7. The van der Waals surface area contributed by atoms with Crippen LogP contribution in [0.4, 0.5) is 0 Å². The van der Waals surface area contributed by atoms with Crippen LogP contribution in [0.25, 0.3) is 88.9 Å². The minimum Gasteiger partial charge on any atom is -0.503 e. The number of nitrogens with zero attached hydrogens (tertiary/aromatic N) is 6. The Morgan fingerprint density at radius 2 is 0.892 bits per heavy atom. The predicted molar refractivity (Wildman–Crippen MR) is 288 cm³/mol. The van der Waals surface area contributed by atoms with Crippen LogP contribution in [0.2, 0.25) is 0 Å². The van der Waals surface area contributed by atoms with Crippen LogP contribution in [0.3, 0.4) is 0 Å². The van der Waals surface area contributed by atoms with Crippen LogP contribution < -0.4 is 9.47 Å². The molecule has 366 valence electrons. The number of hydrogen-bond donors (Lipinski definition) is 0. The molecule has 7 aromatic carbocycles. The fraction of sp³-hybridized carbons (Fsp3) is 0.125. The third-order valence-corrected chi connectivity index (χ3v) is 13.2. The van der Waals surface area contributed by atoms with E-state index < -0.39 is 0 Å². The van der Waals surface area contributed by atoms with E-state index in [0.29, 0.717) is 40.0 Å². The molecule has 74 heavy (non-hydrogen) atoms. The number of pyridine rings is 2. The summed E-state index contributed by atoms with van der Waals surface area (Å²) in [6.07, 6.45) is 7.27. The van der Waals surface area contributed by atoms with Crippen molar-refractivity contribution in [3.05, 3.63) is 218 Å². The molecule has 0 N–H and O–H groups in total. The van der Waals surface area contributed by atoms with Crippen LogP contribution in [-0.4, -0.2) is 29.1 Å². The molecule has 0 aliphatic rings. The van der Waals surface area contributed by atoms with Gasteiger partial charge in [0.05, 0.1) is 11.0 Å². The van der Waals surface area contributed by atoms with Crippen molar-refractivity contribution in [2.45, 2.75) is 52.4 Å². The SMILES string of the molecule is CC(C)(C)c1ccc2c(c1)c1cc(C(C)(C)C)ccc1n2-c1ccc(-c2cnc(-n3c4[c-]c(Oc5[c-]c(-c6ccccn6)ccc5)ccc4c4ccc(Oc5[c-]c(-c6ccccn6)ccc5)[c-]c43)nc2)cc1.[Pd+2].[Pt+2]. The number of fused-ring (bicyclic) bond motifs is 6. The zero-order valence-electron chi connectivity index (χ0n) is 41.5. The van der Waals surface area contributed by atoms with Crippen molar-refractivity contribution in [1.29, 1.82) is 0 Å². The number of ether oxygens (including phenoxy) is 2. The van der Waals surface area contributed by atoms with Gasteiger partial charge in [-0.3, -0.25) is 0 Å². The first-order chi connectivity index (χ1) is 34.9. The zero-order valence-corrected chi connectivity index (χ0v) is 45.3. The third kappa shape index (κ3) is 9.60. The van der Waals surface area contributed by atoms with E-state index in [0.717, 1.165) is 50.1 Å². The maximum absolute atomic E-state index is 6.44. The quantitative estimate of drug-likeness (QED) is 0.106. The maximum Gasteiger partial charge on any atom is 2.00 e. The van der Waals surface area contributed by atoms with Crippen LogP contribution in [0.15, 0.2) is 183 Å². The van der Waals surface area contributed by atoms with Gasteiger partial charge in [0.1, 0.15) is 0 Å². The Hall–Kier alpha value is -7.53. The Morgan fingerprint density at radius 1 is 0.419 bits per heavy atom. The summed E-state index contributed by atoms with van der Waals surface area (Å²) in [4.78, 5) is 19.1. The number of hydrogen-bond acceptors (Lipinski definition) is 6. The van der Waals surface area contributed by atoms with E-state index in [1.807, 2.05) is 114 Å². The molecule has 0 radical (unpaired) electrons. The van der Waals surface area contributed by atoms with Gasteiger partial charge >= 0.3 is 41.5 Å². The first-order valence-electron chi connectivity index (χ1n) is 24.1. The molecule has 0 bridgehead atoms. The molecule has 8 nitrogen and oxygen atoms in total. The molecule has 12 rings (SSSR count). The number of aromatic nitrogens is 6. The van der Waals surface area contributed by atoms with E-state index in [1.54, 1.807) is 12.4 Å². The molecule has 10 heteroatoms. The molecular weight excluding hydrogens is 1190 g/mol. The van der Waals surface area contributed by atoms with Gasteiger partial charge in [0.25, 0.3) is 0 Å². The molecule has 0 unspecified atom stereocenters. The first kappa shape index (κ1) is 50.0. The van der Waals surface area contributed by atoms with Gasteiger partial charge in [0.2, 0.25) is 5.95 Å². The van der Waals surface area contributed by atoms with Gasteiger partial charge in [0.15, 0.2) is 0 Å². The van der Waals surface area contributed by atoms with Gasteiger partial charge in [-0.15, -0.1) is 71.8 Å². The molecule has 0 spiro atoms. The molecule has 0 aliphatic heterocycles. The van der Waals surface area contributed by atoms with Gasteiger partial charge in [-0.05, 0) is 87.4 Å². The standard InChI is InChI=1S/C64H48N6O2.Pd.Pt/c1-63(2,3)45-21-29-58-54(35-45)55-36-46(64(4,5)6)22-30-59(55)69(58)47-23-19-41(20-24-47)44-39-67-62(68-40-44)70-60-37-50(71-48-15-11-13-42(33-48)56-17-7-9-31-65-56)25-27-52(60)53-28-26-51(38-61(53)70)72-49-16-12-14-43(34-49)57-18-8-10-32-66-57;;/h7-32,35-36,39-40H,1-6H3;;/q-4;2*+2. The second-order valence-electron chi connectivity index (χ2n) is 20.1. The molecule has 0 saturated heterocycles. The van der Waals surface area contributed by atoms with Crippen LogP contribution in [0, 0.1) is 24.3 Å². The van der Waals surface area contributed by atoms with Gasteiger partial charge < -0.3 is 28.6 Å². The Bertz CT molecular complexity index is 3780. The van der Waals surface area contributed by atoms with E-state index >= 15 is 0 Å². The van der Waals surface area contributed by atoms with Gasteiger partial charge in [-0.25, -0.2) is 9.97 Å². The molecular formula is C64H48N6O2PdPt. The molecule has 12 aromatic rings. The number of rotatable bonds is 9. The summed E-state index contributed by atoms with van der Waals surface area (Å²) in [5, 5.41) is 4.37. The maximum atomic E-state index is 6.44. The largest absolute Gasteiger partial charge is 2.00 e. The molecule has 0 atom stereocenters. The molecule has 5 heterocycles. The minimum absolute atomic E-state index is 0. The first-order valence-corrected chi connectivity index (χ1v) is 24.1. The fourth-order valence-electron chi connectivity index (χ4n) is 9.36. The second kappa shape index (κ2) is 20.1.